The van der Waals surface area contributed by atoms with Gasteiger partial charge in [0.05, 0.1) is 16.9 Å². The van der Waals surface area contributed by atoms with Crippen LogP contribution in [0.25, 0.3) is 11.6 Å². The molecule has 0 atom stereocenters. The summed E-state index contributed by atoms with van der Waals surface area (Å²) in [6.45, 7) is 2.71. The van der Waals surface area contributed by atoms with Crippen molar-refractivity contribution in [3.05, 3.63) is 82.3 Å². The minimum absolute atomic E-state index is 0.250. The lowest BCUT2D eigenvalue weighted by atomic mass is 9.96. The number of para-hydroxylation sites is 2. The van der Waals surface area contributed by atoms with Crippen molar-refractivity contribution in [3.63, 3.8) is 0 Å². The van der Waals surface area contributed by atoms with E-state index >= 15 is 0 Å². The van der Waals surface area contributed by atoms with Crippen LogP contribution in [0.2, 0.25) is 0 Å². The summed E-state index contributed by atoms with van der Waals surface area (Å²) in [5.41, 5.74) is 0.741. The van der Waals surface area contributed by atoms with Crippen molar-refractivity contribution in [1.29, 1.82) is 0 Å². The summed E-state index contributed by atoms with van der Waals surface area (Å²) in [4.78, 5) is 40.7. The van der Waals surface area contributed by atoms with Gasteiger partial charge in [-0.3, -0.25) is 14.5 Å². The van der Waals surface area contributed by atoms with E-state index in [1.54, 1.807) is 68.5 Å². The normalized spacial score (nSPS) is 14.9. The Morgan fingerprint density at radius 3 is 2.52 bits per heavy atom. The van der Waals surface area contributed by atoms with Crippen molar-refractivity contribution < 1.29 is 23.5 Å². The molecule has 0 fully saturated rings. The summed E-state index contributed by atoms with van der Waals surface area (Å²) >= 11 is 1.34. The maximum Gasteiger partial charge on any atom is 0.340 e. The molecule has 1 aliphatic heterocycles. The Morgan fingerprint density at radius 1 is 1.09 bits per heavy atom. The van der Waals surface area contributed by atoms with Gasteiger partial charge in [0.2, 0.25) is 5.91 Å². The van der Waals surface area contributed by atoms with E-state index in [0.717, 1.165) is 0 Å². The molecule has 6 nitrogen and oxygen atoms in total. The van der Waals surface area contributed by atoms with Crippen molar-refractivity contribution in [1.82, 2.24) is 0 Å². The van der Waals surface area contributed by atoms with E-state index in [2.05, 4.69) is 5.32 Å². The van der Waals surface area contributed by atoms with Gasteiger partial charge in [0.25, 0.3) is 5.91 Å². The van der Waals surface area contributed by atoms with Crippen LogP contribution in [-0.2, 0) is 19.1 Å². The molecule has 33 heavy (non-hydrogen) atoms. The highest BCUT2D eigenvalue weighted by molar-refractivity contribution is 7.11. The van der Waals surface area contributed by atoms with Gasteiger partial charge in [-0.15, -0.1) is 11.3 Å². The number of hydrogen-bond donors (Lipinski definition) is 1. The monoisotopic (exact) mass is 464 g/mol. The van der Waals surface area contributed by atoms with Crippen LogP contribution in [0, 0.1) is 5.82 Å². The van der Waals surface area contributed by atoms with Crippen LogP contribution < -0.4 is 10.2 Å². The fourth-order valence-corrected chi connectivity index (χ4v) is 4.29. The Bertz CT molecular complexity index is 1230. The van der Waals surface area contributed by atoms with Crippen LogP contribution in [0.1, 0.15) is 24.3 Å². The van der Waals surface area contributed by atoms with E-state index in [1.807, 2.05) is 5.38 Å². The van der Waals surface area contributed by atoms with Crippen molar-refractivity contribution >= 4 is 52.1 Å². The van der Waals surface area contributed by atoms with E-state index in [9.17, 15) is 18.8 Å². The largest absolute Gasteiger partial charge is 0.452 e. The fraction of sp³-hybridized carbons (Fsp3) is 0.160. The second kappa shape index (κ2) is 8.99. The number of ether oxygens (including phenoxy) is 1. The average Bonchev–Trinajstić information content (AvgIpc) is 3.32. The summed E-state index contributed by atoms with van der Waals surface area (Å²) in [6.07, 6.45) is 1.59. The number of thiophene rings is 1. The van der Waals surface area contributed by atoms with Crippen molar-refractivity contribution in [3.8, 4) is 0 Å². The molecule has 0 aliphatic carbocycles. The van der Waals surface area contributed by atoms with E-state index in [4.69, 9.17) is 4.74 Å². The zero-order chi connectivity index (χ0) is 23.6. The lowest BCUT2D eigenvalue weighted by molar-refractivity contribution is -0.142. The molecule has 0 saturated heterocycles. The van der Waals surface area contributed by atoms with Gasteiger partial charge in [0, 0.05) is 4.88 Å². The van der Waals surface area contributed by atoms with Crippen LogP contribution in [-0.4, -0.2) is 29.9 Å². The number of nitrogens with zero attached hydrogens (tertiary/aromatic N) is 1. The highest BCUT2D eigenvalue weighted by Crippen LogP contribution is 2.36. The number of rotatable bonds is 5. The van der Waals surface area contributed by atoms with E-state index < -0.39 is 24.0 Å². The molecule has 1 N–H and O–H groups in total. The first-order chi connectivity index (χ1) is 15.8. The topological polar surface area (TPSA) is 75.7 Å². The summed E-state index contributed by atoms with van der Waals surface area (Å²) < 4.78 is 18.6. The average molecular weight is 465 g/mol. The molecule has 0 saturated carbocycles. The van der Waals surface area contributed by atoms with Crippen molar-refractivity contribution in [2.75, 3.05) is 16.8 Å². The summed E-state index contributed by atoms with van der Waals surface area (Å²) in [5, 5.41) is 4.61. The van der Waals surface area contributed by atoms with Gasteiger partial charge >= 0.3 is 5.97 Å². The molecule has 4 rings (SSSR count). The number of fused-ring (bicyclic) bond motifs is 1. The first-order valence-corrected chi connectivity index (χ1v) is 11.1. The smallest absolute Gasteiger partial charge is 0.340 e. The molecule has 2 amide bonds. The molecule has 0 spiro atoms. The SMILES string of the molecule is CC1(C)C(=O)Nc2ccccc2N1C(=O)COC(=O)C(=Cc1ccc(F)cc1)c1cccs1. The van der Waals surface area contributed by atoms with Gasteiger partial charge in [-0.05, 0) is 61.2 Å². The van der Waals surface area contributed by atoms with Crippen LogP contribution in [0.4, 0.5) is 15.8 Å². The summed E-state index contributed by atoms with van der Waals surface area (Å²) in [7, 11) is 0. The highest BCUT2D eigenvalue weighted by atomic mass is 32.1. The predicted molar refractivity (Wildman–Crippen MR) is 126 cm³/mol. The van der Waals surface area contributed by atoms with Crippen LogP contribution in [0.3, 0.4) is 0 Å². The number of esters is 1. The number of hydrogen-bond acceptors (Lipinski definition) is 5. The van der Waals surface area contributed by atoms with E-state index in [1.165, 1.54) is 28.4 Å². The minimum atomic E-state index is -1.17. The Morgan fingerprint density at radius 2 is 1.82 bits per heavy atom. The second-order valence-corrected chi connectivity index (χ2v) is 8.87. The number of nitrogens with one attached hydrogen (secondary N) is 1. The predicted octanol–water partition coefficient (Wildman–Crippen LogP) is 4.73. The number of benzene rings is 2. The molecule has 2 heterocycles. The Labute approximate surface area is 194 Å². The lowest BCUT2D eigenvalue weighted by Crippen LogP contribution is -2.59. The Hall–Kier alpha value is -3.78. The van der Waals surface area contributed by atoms with Crippen LogP contribution in [0.15, 0.2) is 66.0 Å². The molecule has 2 aromatic carbocycles. The summed E-state index contributed by atoms with van der Waals surface area (Å²) in [5.74, 6) is -1.94. The van der Waals surface area contributed by atoms with Crippen molar-refractivity contribution in [2.24, 2.45) is 0 Å². The Balaban J connectivity index is 1.57. The zero-order valence-electron chi connectivity index (χ0n) is 18.0. The molecular weight excluding hydrogens is 443 g/mol. The first-order valence-electron chi connectivity index (χ1n) is 10.2. The Kier molecular flexibility index (Phi) is 6.11. The van der Waals surface area contributed by atoms with Crippen LogP contribution >= 0.6 is 11.3 Å². The minimum Gasteiger partial charge on any atom is -0.452 e. The molecule has 3 aromatic rings. The van der Waals surface area contributed by atoms with E-state index in [-0.39, 0.29) is 17.3 Å². The third-order valence-corrected chi connectivity index (χ3v) is 6.17. The zero-order valence-corrected chi connectivity index (χ0v) is 18.8. The molecule has 0 unspecified atom stereocenters. The summed E-state index contributed by atoms with van der Waals surface area (Å²) in [6, 6.07) is 16.2. The number of carbonyl (C=O) groups excluding carboxylic acids is 3. The molecule has 168 valence electrons. The third-order valence-electron chi connectivity index (χ3n) is 5.27. The highest BCUT2D eigenvalue weighted by Gasteiger charge is 2.43. The fourth-order valence-electron chi connectivity index (χ4n) is 3.56. The number of amides is 2. The molecule has 0 radical (unpaired) electrons. The van der Waals surface area contributed by atoms with E-state index in [0.29, 0.717) is 21.8 Å². The first kappa shape index (κ1) is 22.4. The molecular formula is C25H21FN2O4S. The van der Waals surface area contributed by atoms with Gasteiger partial charge in [0.15, 0.2) is 6.61 Å². The van der Waals surface area contributed by atoms with Gasteiger partial charge in [-0.1, -0.05) is 30.3 Å². The standard InChI is InChI=1S/C25H21FN2O4S/c1-25(2)24(31)27-19-6-3-4-7-20(19)28(25)22(29)15-32-23(30)18(21-8-5-13-33-21)14-16-9-11-17(26)12-10-16/h3-14H,15H2,1-2H3,(H,27,31). The molecule has 1 aliphatic rings. The van der Waals surface area contributed by atoms with Crippen molar-refractivity contribution in [2.45, 2.75) is 19.4 Å². The van der Waals surface area contributed by atoms with Gasteiger partial charge in [-0.25, -0.2) is 9.18 Å². The number of halogens is 1. The van der Waals surface area contributed by atoms with Gasteiger partial charge < -0.3 is 10.1 Å². The quantitative estimate of drug-likeness (QED) is 0.437. The molecule has 0 bridgehead atoms. The maximum atomic E-state index is 13.3. The molecule has 1 aromatic heterocycles. The number of carbonyl (C=O) groups is 3. The lowest BCUT2D eigenvalue weighted by Gasteiger charge is -2.41. The van der Waals surface area contributed by atoms with Crippen LogP contribution in [0.5, 0.6) is 0 Å². The van der Waals surface area contributed by atoms with Gasteiger partial charge in [0.1, 0.15) is 11.4 Å². The number of anilines is 2. The maximum absolute atomic E-state index is 13.3. The molecule has 8 heteroatoms. The van der Waals surface area contributed by atoms with Gasteiger partial charge in [-0.2, -0.15) is 0 Å². The third kappa shape index (κ3) is 4.56. The second-order valence-electron chi connectivity index (χ2n) is 7.92.